The maximum atomic E-state index is 12.5. The van der Waals surface area contributed by atoms with Crippen LogP contribution in [0.3, 0.4) is 0 Å². The van der Waals surface area contributed by atoms with Crippen molar-refractivity contribution in [1.82, 2.24) is 5.32 Å². The van der Waals surface area contributed by atoms with Gasteiger partial charge in [0.05, 0.1) is 21.2 Å². The molecule has 3 rings (SSSR count). The van der Waals surface area contributed by atoms with Crippen molar-refractivity contribution in [2.75, 3.05) is 11.3 Å². The lowest BCUT2D eigenvalue weighted by molar-refractivity contribution is 0.0953. The van der Waals surface area contributed by atoms with E-state index in [4.69, 9.17) is 11.6 Å². The third-order valence-electron chi connectivity index (χ3n) is 4.57. The monoisotopic (exact) mass is 442 g/mol. The summed E-state index contributed by atoms with van der Waals surface area (Å²) in [5.74, 6) is -0.291. The first kappa shape index (κ1) is 21.9. The van der Waals surface area contributed by atoms with Crippen LogP contribution in [0.25, 0.3) is 0 Å². The molecule has 7 heteroatoms. The third kappa shape index (κ3) is 5.84. The first-order valence-corrected chi connectivity index (χ1v) is 11.4. The number of hydrogen-bond donors (Lipinski definition) is 2. The minimum absolute atomic E-state index is 0.157. The number of carbonyl (C=O) groups excluding carboxylic acids is 1. The molecule has 0 aliphatic carbocycles. The summed E-state index contributed by atoms with van der Waals surface area (Å²) in [6, 6.07) is 21.1. The van der Waals surface area contributed by atoms with Crippen LogP contribution in [0.5, 0.6) is 0 Å². The van der Waals surface area contributed by atoms with E-state index in [-0.39, 0.29) is 15.8 Å². The molecule has 0 aromatic heterocycles. The van der Waals surface area contributed by atoms with Crippen molar-refractivity contribution >= 4 is 33.2 Å². The van der Waals surface area contributed by atoms with Gasteiger partial charge in [0.25, 0.3) is 15.9 Å². The van der Waals surface area contributed by atoms with Crippen molar-refractivity contribution in [3.63, 3.8) is 0 Å². The standard InChI is InChI=1S/C23H23ClN2O3S/c1-17-9-12-20(13-10-17)30(28,29)26-19-11-14-21(22(24)16-19)23(27)25-15-5-8-18-6-3-2-4-7-18/h2-4,6-7,9-14,16,26H,5,8,15H2,1H3,(H,25,27). The van der Waals surface area contributed by atoms with E-state index in [0.29, 0.717) is 17.8 Å². The van der Waals surface area contributed by atoms with Gasteiger partial charge in [0.2, 0.25) is 0 Å². The van der Waals surface area contributed by atoms with Gasteiger partial charge in [-0.25, -0.2) is 8.42 Å². The summed E-state index contributed by atoms with van der Waals surface area (Å²) in [6.45, 7) is 2.40. The number of benzene rings is 3. The van der Waals surface area contributed by atoms with E-state index in [1.807, 2.05) is 25.1 Å². The van der Waals surface area contributed by atoms with Crippen LogP contribution in [0.1, 0.15) is 27.9 Å². The molecule has 0 fully saturated rings. The van der Waals surface area contributed by atoms with Crippen LogP contribution in [-0.4, -0.2) is 20.9 Å². The molecule has 0 bridgehead atoms. The predicted octanol–water partition coefficient (Wildman–Crippen LogP) is 4.81. The number of nitrogens with one attached hydrogen (secondary N) is 2. The van der Waals surface area contributed by atoms with Gasteiger partial charge in [-0.05, 0) is 55.7 Å². The lowest BCUT2D eigenvalue weighted by atomic mass is 10.1. The van der Waals surface area contributed by atoms with Gasteiger partial charge in [0.15, 0.2) is 0 Å². The highest BCUT2D eigenvalue weighted by atomic mass is 35.5. The van der Waals surface area contributed by atoms with Gasteiger partial charge in [0, 0.05) is 6.54 Å². The largest absolute Gasteiger partial charge is 0.352 e. The van der Waals surface area contributed by atoms with Crippen molar-refractivity contribution in [3.05, 3.63) is 94.5 Å². The molecule has 0 spiro atoms. The van der Waals surface area contributed by atoms with Crippen molar-refractivity contribution in [2.45, 2.75) is 24.7 Å². The fourth-order valence-electron chi connectivity index (χ4n) is 2.93. The molecule has 2 N–H and O–H groups in total. The summed E-state index contributed by atoms with van der Waals surface area (Å²) >= 11 is 6.23. The number of carbonyl (C=O) groups is 1. The number of anilines is 1. The average Bonchev–Trinajstić information content (AvgIpc) is 2.72. The van der Waals surface area contributed by atoms with Gasteiger partial charge in [-0.15, -0.1) is 0 Å². The second-order valence-corrected chi connectivity index (χ2v) is 9.05. The zero-order valence-corrected chi connectivity index (χ0v) is 18.1. The van der Waals surface area contributed by atoms with Crippen LogP contribution in [0, 0.1) is 6.92 Å². The van der Waals surface area contributed by atoms with E-state index in [0.717, 1.165) is 18.4 Å². The van der Waals surface area contributed by atoms with E-state index in [1.54, 1.807) is 12.1 Å². The lowest BCUT2D eigenvalue weighted by Crippen LogP contribution is -2.25. The Morgan fingerprint density at radius 3 is 2.33 bits per heavy atom. The molecule has 30 heavy (non-hydrogen) atoms. The molecule has 0 unspecified atom stereocenters. The highest BCUT2D eigenvalue weighted by molar-refractivity contribution is 7.92. The molecule has 0 atom stereocenters. The molecule has 0 aliphatic rings. The highest BCUT2D eigenvalue weighted by Gasteiger charge is 2.16. The minimum Gasteiger partial charge on any atom is -0.352 e. The second-order valence-electron chi connectivity index (χ2n) is 6.96. The molecule has 5 nitrogen and oxygen atoms in total. The van der Waals surface area contributed by atoms with E-state index in [9.17, 15) is 13.2 Å². The number of hydrogen-bond acceptors (Lipinski definition) is 3. The zero-order valence-electron chi connectivity index (χ0n) is 16.6. The third-order valence-corrected chi connectivity index (χ3v) is 6.28. The number of halogens is 1. The van der Waals surface area contributed by atoms with E-state index < -0.39 is 10.0 Å². The molecule has 0 saturated carbocycles. The summed E-state index contributed by atoms with van der Waals surface area (Å²) in [6.07, 6.45) is 1.68. The van der Waals surface area contributed by atoms with Crippen LogP contribution in [-0.2, 0) is 16.4 Å². The van der Waals surface area contributed by atoms with Gasteiger partial charge >= 0.3 is 0 Å². The first-order valence-electron chi connectivity index (χ1n) is 9.56. The molecule has 0 saturated heterocycles. The summed E-state index contributed by atoms with van der Waals surface area (Å²) in [5.41, 5.74) is 2.78. The van der Waals surface area contributed by atoms with E-state index >= 15 is 0 Å². The van der Waals surface area contributed by atoms with Gasteiger partial charge in [-0.3, -0.25) is 9.52 Å². The summed E-state index contributed by atoms with van der Waals surface area (Å²) in [4.78, 5) is 12.5. The molecular formula is C23H23ClN2O3S. The number of sulfonamides is 1. The van der Waals surface area contributed by atoms with E-state index in [2.05, 4.69) is 22.2 Å². The van der Waals surface area contributed by atoms with Crippen molar-refractivity contribution in [1.29, 1.82) is 0 Å². The van der Waals surface area contributed by atoms with Gasteiger partial charge < -0.3 is 5.32 Å². The van der Waals surface area contributed by atoms with Gasteiger partial charge in [-0.2, -0.15) is 0 Å². The topological polar surface area (TPSA) is 75.3 Å². The van der Waals surface area contributed by atoms with Crippen LogP contribution in [0.4, 0.5) is 5.69 Å². The van der Waals surface area contributed by atoms with Gasteiger partial charge in [-0.1, -0.05) is 59.6 Å². The smallest absolute Gasteiger partial charge is 0.261 e. The molecule has 3 aromatic carbocycles. The van der Waals surface area contributed by atoms with Crippen LogP contribution in [0.15, 0.2) is 77.7 Å². The fourth-order valence-corrected chi connectivity index (χ4v) is 4.24. The summed E-state index contributed by atoms with van der Waals surface area (Å²) < 4.78 is 27.5. The molecule has 1 amide bonds. The minimum atomic E-state index is -3.73. The first-order chi connectivity index (χ1) is 14.3. The highest BCUT2D eigenvalue weighted by Crippen LogP contribution is 2.23. The number of aryl methyl sites for hydroxylation is 2. The second kappa shape index (κ2) is 9.78. The van der Waals surface area contributed by atoms with Gasteiger partial charge in [0.1, 0.15) is 0 Å². The Balaban J connectivity index is 1.59. The Labute approximate surface area is 182 Å². The molecule has 3 aromatic rings. The summed E-state index contributed by atoms with van der Waals surface area (Å²) in [7, 11) is -3.73. The SMILES string of the molecule is Cc1ccc(S(=O)(=O)Nc2ccc(C(=O)NCCCc3ccccc3)c(Cl)c2)cc1. The maximum absolute atomic E-state index is 12.5. The molecule has 0 radical (unpaired) electrons. The summed E-state index contributed by atoms with van der Waals surface area (Å²) in [5, 5.41) is 3.03. The fraction of sp³-hybridized carbons (Fsp3) is 0.174. The quantitative estimate of drug-likeness (QED) is 0.491. The van der Waals surface area contributed by atoms with Crippen molar-refractivity contribution in [3.8, 4) is 0 Å². The Morgan fingerprint density at radius 2 is 1.67 bits per heavy atom. The number of rotatable bonds is 8. The number of amides is 1. The Morgan fingerprint density at radius 1 is 0.967 bits per heavy atom. The van der Waals surface area contributed by atoms with Crippen LogP contribution < -0.4 is 10.0 Å². The normalized spacial score (nSPS) is 11.1. The average molecular weight is 443 g/mol. The van der Waals surface area contributed by atoms with Crippen LogP contribution in [0.2, 0.25) is 5.02 Å². The Bertz CT molecular complexity index is 1110. The van der Waals surface area contributed by atoms with Crippen molar-refractivity contribution in [2.24, 2.45) is 0 Å². The molecule has 156 valence electrons. The predicted molar refractivity (Wildman–Crippen MR) is 121 cm³/mol. The van der Waals surface area contributed by atoms with Crippen LogP contribution >= 0.6 is 11.6 Å². The molecular weight excluding hydrogens is 420 g/mol. The zero-order chi connectivity index (χ0) is 21.6. The maximum Gasteiger partial charge on any atom is 0.261 e. The molecule has 0 heterocycles. The Kier molecular flexibility index (Phi) is 7.13. The lowest BCUT2D eigenvalue weighted by Gasteiger charge is -2.11. The molecule has 0 aliphatic heterocycles. The van der Waals surface area contributed by atoms with Crippen molar-refractivity contribution < 1.29 is 13.2 Å². The Hall–Kier alpha value is -2.83. The van der Waals surface area contributed by atoms with E-state index in [1.165, 1.54) is 35.9 Å².